The summed E-state index contributed by atoms with van der Waals surface area (Å²) in [6, 6.07) is 6.05. The third kappa shape index (κ3) is 7.70. The van der Waals surface area contributed by atoms with Crippen molar-refractivity contribution in [1.29, 1.82) is 0 Å². The molecule has 5 nitrogen and oxygen atoms in total. The van der Waals surface area contributed by atoms with Crippen LogP contribution in [0.4, 0.5) is 8.78 Å². The van der Waals surface area contributed by atoms with Gasteiger partial charge in [-0.1, -0.05) is 33.8 Å². The molecule has 0 spiro atoms. The molecule has 0 aliphatic rings. The topological polar surface area (TPSA) is 62.3 Å². The van der Waals surface area contributed by atoms with Crippen LogP contribution >= 0.6 is 0 Å². The summed E-state index contributed by atoms with van der Waals surface area (Å²) in [5.41, 5.74) is 1.30. The van der Waals surface area contributed by atoms with Crippen molar-refractivity contribution in [1.82, 2.24) is 15.2 Å². The van der Waals surface area contributed by atoms with Crippen molar-refractivity contribution < 1.29 is 18.4 Å². The average molecular weight is 460 g/mol. The molecule has 0 bridgehead atoms. The van der Waals surface area contributed by atoms with E-state index in [0.29, 0.717) is 18.5 Å². The summed E-state index contributed by atoms with van der Waals surface area (Å²) < 4.78 is 28.1. The zero-order valence-corrected chi connectivity index (χ0v) is 20.4. The van der Waals surface area contributed by atoms with E-state index in [1.807, 2.05) is 39.8 Å². The molecule has 1 heterocycles. The SMILES string of the molecule is CCC(=O)c1ccc(C[C@@H](CNC(=O)C[C@H](c2cncc(F)c2)C(C)(C)C)N(C)C)cc1F. The Morgan fingerprint density at radius 3 is 2.36 bits per heavy atom. The van der Waals surface area contributed by atoms with Crippen LogP contribution in [0.15, 0.2) is 36.7 Å². The van der Waals surface area contributed by atoms with E-state index in [1.54, 1.807) is 19.2 Å². The second-order valence-corrected chi connectivity index (χ2v) is 9.78. The summed E-state index contributed by atoms with van der Waals surface area (Å²) in [4.78, 5) is 30.5. The van der Waals surface area contributed by atoms with Crippen LogP contribution in [-0.2, 0) is 11.2 Å². The van der Waals surface area contributed by atoms with Crippen molar-refractivity contribution in [3.8, 4) is 0 Å². The molecular formula is C26H35F2N3O2. The van der Waals surface area contributed by atoms with Crippen molar-refractivity contribution >= 4 is 11.7 Å². The Bertz CT molecular complexity index is 970. The number of rotatable bonds is 10. The molecule has 2 rings (SSSR count). The Morgan fingerprint density at radius 2 is 1.82 bits per heavy atom. The number of halogens is 2. The number of likely N-dealkylation sites (N-methyl/N-ethyl adjacent to an activating group) is 1. The molecule has 0 aliphatic heterocycles. The number of carbonyl (C=O) groups is 2. The number of amides is 1. The lowest BCUT2D eigenvalue weighted by molar-refractivity contribution is -0.122. The minimum absolute atomic E-state index is 0.0648. The highest BCUT2D eigenvalue weighted by Crippen LogP contribution is 2.37. The van der Waals surface area contributed by atoms with Crippen LogP contribution in [0, 0.1) is 17.0 Å². The van der Waals surface area contributed by atoms with Gasteiger partial charge in [0.25, 0.3) is 0 Å². The quantitative estimate of drug-likeness (QED) is 0.521. The molecule has 7 heteroatoms. The molecule has 1 aromatic heterocycles. The number of carbonyl (C=O) groups excluding carboxylic acids is 2. The van der Waals surface area contributed by atoms with Gasteiger partial charge < -0.3 is 10.2 Å². The number of hydrogen-bond acceptors (Lipinski definition) is 4. The summed E-state index contributed by atoms with van der Waals surface area (Å²) >= 11 is 0. The fourth-order valence-corrected chi connectivity index (χ4v) is 3.84. The zero-order chi connectivity index (χ0) is 24.8. The van der Waals surface area contributed by atoms with Crippen LogP contribution in [0.2, 0.25) is 0 Å². The number of nitrogens with one attached hydrogen (secondary N) is 1. The van der Waals surface area contributed by atoms with E-state index in [4.69, 9.17) is 0 Å². The van der Waals surface area contributed by atoms with Crippen LogP contribution in [0.1, 0.15) is 67.9 Å². The fraction of sp³-hybridized carbons (Fsp3) is 0.500. The standard InChI is InChI=1S/C26H35F2N3O2/c1-7-24(32)21-9-8-17(11-23(21)28)10-20(31(5)6)16-30-25(33)13-22(26(2,3)4)18-12-19(27)15-29-14-18/h8-9,11-12,14-15,20,22H,7,10,13,16H2,1-6H3,(H,30,33)/t20-,22+/m0/s1. The number of benzene rings is 1. The molecule has 1 aromatic carbocycles. The first-order valence-corrected chi connectivity index (χ1v) is 11.3. The third-order valence-corrected chi connectivity index (χ3v) is 5.95. The van der Waals surface area contributed by atoms with Crippen LogP contribution in [-0.4, -0.2) is 48.3 Å². The monoisotopic (exact) mass is 459 g/mol. The van der Waals surface area contributed by atoms with Gasteiger partial charge in [-0.15, -0.1) is 0 Å². The first-order valence-electron chi connectivity index (χ1n) is 11.3. The summed E-state index contributed by atoms with van der Waals surface area (Å²) in [6.07, 6.45) is 3.73. The minimum atomic E-state index is -0.516. The Balaban J connectivity index is 2.06. The summed E-state index contributed by atoms with van der Waals surface area (Å²) in [5.74, 6) is -1.50. The number of nitrogens with zero attached hydrogens (tertiary/aromatic N) is 2. The number of pyridine rings is 1. The van der Waals surface area contributed by atoms with Crippen molar-refractivity contribution in [2.45, 2.75) is 58.9 Å². The molecule has 0 unspecified atom stereocenters. The highest BCUT2D eigenvalue weighted by atomic mass is 19.1. The van der Waals surface area contributed by atoms with Crippen LogP contribution < -0.4 is 5.32 Å². The third-order valence-electron chi connectivity index (χ3n) is 5.95. The second kappa shape index (κ2) is 11.5. The van der Waals surface area contributed by atoms with Crippen molar-refractivity contribution in [2.24, 2.45) is 5.41 Å². The molecule has 1 amide bonds. The molecule has 0 fully saturated rings. The lowest BCUT2D eigenvalue weighted by Crippen LogP contribution is -2.42. The fourth-order valence-electron chi connectivity index (χ4n) is 3.84. The number of Topliss-reactive ketones (excluding diaryl/α,β-unsaturated/α-hetero) is 1. The summed E-state index contributed by atoms with van der Waals surface area (Å²) in [6.45, 7) is 8.12. The maximum Gasteiger partial charge on any atom is 0.220 e. The van der Waals surface area contributed by atoms with E-state index < -0.39 is 11.6 Å². The number of ketones is 1. The number of aromatic nitrogens is 1. The zero-order valence-electron chi connectivity index (χ0n) is 20.4. The van der Waals surface area contributed by atoms with Gasteiger partial charge >= 0.3 is 0 Å². The molecule has 33 heavy (non-hydrogen) atoms. The van der Waals surface area contributed by atoms with Gasteiger partial charge in [-0.2, -0.15) is 0 Å². The smallest absolute Gasteiger partial charge is 0.220 e. The molecular weight excluding hydrogens is 424 g/mol. The molecule has 180 valence electrons. The van der Waals surface area contributed by atoms with Gasteiger partial charge in [-0.3, -0.25) is 14.6 Å². The average Bonchev–Trinajstić information content (AvgIpc) is 2.73. The molecule has 0 saturated carbocycles. The van der Waals surface area contributed by atoms with E-state index in [1.165, 1.54) is 18.2 Å². The molecule has 0 saturated heterocycles. The molecule has 0 aliphatic carbocycles. The lowest BCUT2D eigenvalue weighted by atomic mass is 9.75. The van der Waals surface area contributed by atoms with E-state index in [9.17, 15) is 18.4 Å². The van der Waals surface area contributed by atoms with Gasteiger partial charge in [-0.05, 0) is 61.2 Å². The first kappa shape index (κ1) is 26.6. The Kier molecular flexibility index (Phi) is 9.23. The normalized spacial score (nSPS) is 13.6. The molecule has 2 aromatic rings. The highest BCUT2D eigenvalue weighted by molar-refractivity contribution is 5.96. The highest BCUT2D eigenvalue weighted by Gasteiger charge is 2.29. The second-order valence-electron chi connectivity index (χ2n) is 9.78. The van der Waals surface area contributed by atoms with Gasteiger partial charge in [0.1, 0.15) is 11.6 Å². The predicted octanol–water partition coefficient (Wildman–Crippen LogP) is 4.76. The summed E-state index contributed by atoms with van der Waals surface area (Å²) in [5, 5.41) is 2.98. The molecule has 1 N–H and O–H groups in total. The van der Waals surface area contributed by atoms with Gasteiger partial charge in [0.2, 0.25) is 5.91 Å². The molecule has 2 atom stereocenters. The van der Waals surface area contributed by atoms with Crippen molar-refractivity contribution in [3.63, 3.8) is 0 Å². The Labute approximate surface area is 195 Å². The van der Waals surface area contributed by atoms with E-state index in [2.05, 4.69) is 10.3 Å². The van der Waals surface area contributed by atoms with Gasteiger partial charge in [-0.25, -0.2) is 8.78 Å². The molecule has 0 radical (unpaired) electrons. The van der Waals surface area contributed by atoms with Gasteiger partial charge in [0, 0.05) is 31.6 Å². The van der Waals surface area contributed by atoms with Gasteiger partial charge in [0.05, 0.1) is 11.8 Å². The Hall–Kier alpha value is -2.67. The predicted molar refractivity (Wildman–Crippen MR) is 126 cm³/mol. The Morgan fingerprint density at radius 1 is 1.12 bits per heavy atom. The maximum absolute atomic E-state index is 14.4. The minimum Gasteiger partial charge on any atom is -0.355 e. The van der Waals surface area contributed by atoms with E-state index in [0.717, 1.165) is 11.8 Å². The summed E-state index contributed by atoms with van der Waals surface area (Å²) in [7, 11) is 3.80. The van der Waals surface area contributed by atoms with Crippen LogP contribution in [0.5, 0.6) is 0 Å². The number of hydrogen-bond donors (Lipinski definition) is 1. The lowest BCUT2D eigenvalue weighted by Gasteiger charge is -2.31. The van der Waals surface area contributed by atoms with Gasteiger partial charge in [0.15, 0.2) is 5.78 Å². The largest absolute Gasteiger partial charge is 0.355 e. The van der Waals surface area contributed by atoms with Crippen molar-refractivity contribution in [2.75, 3.05) is 20.6 Å². The maximum atomic E-state index is 14.4. The van der Waals surface area contributed by atoms with Crippen molar-refractivity contribution in [3.05, 3.63) is 65.0 Å². The van der Waals surface area contributed by atoms with Crippen LogP contribution in [0.3, 0.4) is 0 Å². The van der Waals surface area contributed by atoms with E-state index in [-0.39, 0.29) is 47.5 Å². The first-order chi connectivity index (χ1) is 15.4. The van der Waals surface area contributed by atoms with E-state index >= 15 is 0 Å². The van der Waals surface area contributed by atoms with Crippen LogP contribution in [0.25, 0.3) is 0 Å².